The summed E-state index contributed by atoms with van der Waals surface area (Å²) in [6.45, 7) is 3.55. The van der Waals surface area contributed by atoms with Crippen LogP contribution < -0.4 is 10.1 Å². The molecule has 0 radical (unpaired) electrons. The highest BCUT2D eigenvalue weighted by molar-refractivity contribution is 5.36. The highest BCUT2D eigenvalue weighted by Gasteiger charge is 2.22. The van der Waals surface area contributed by atoms with Crippen LogP contribution in [0.15, 0.2) is 24.3 Å². The van der Waals surface area contributed by atoms with Crippen LogP contribution in [0.25, 0.3) is 0 Å². The summed E-state index contributed by atoms with van der Waals surface area (Å²) in [5.41, 5.74) is 0.548. The molecule has 1 aromatic carbocycles. The van der Waals surface area contributed by atoms with Crippen LogP contribution in [0.5, 0.6) is 5.75 Å². The zero-order valence-corrected chi connectivity index (χ0v) is 12.3. The summed E-state index contributed by atoms with van der Waals surface area (Å²) in [5.74, 6) is 0.597. The average Bonchev–Trinajstić information content (AvgIpc) is 3.05. The van der Waals surface area contributed by atoms with Crippen LogP contribution in [0.1, 0.15) is 25.3 Å². The molecule has 1 aromatic rings. The standard InChI is InChI=1S/C16H22N2O3/c1-12(16-6-3-7-20-16)18-10-14(19)11-21-15-5-2-4-13(8-15)9-17/h2,4-5,8,12,14,16,18-19H,3,6-7,10-11H2,1H3. The first kappa shape index (κ1) is 15.8. The maximum absolute atomic E-state index is 9.94. The Balaban J connectivity index is 1.69. The van der Waals surface area contributed by atoms with Crippen LogP contribution in [-0.2, 0) is 4.74 Å². The van der Waals surface area contributed by atoms with E-state index < -0.39 is 6.10 Å². The Labute approximate surface area is 125 Å². The molecule has 1 aliphatic heterocycles. The molecule has 1 saturated heterocycles. The predicted octanol–water partition coefficient (Wildman–Crippen LogP) is 1.46. The van der Waals surface area contributed by atoms with E-state index >= 15 is 0 Å². The highest BCUT2D eigenvalue weighted by atomic mass is 16.5. The molecule has 1 fully saturated rings. The topological polar surface area (TPSA) is 74.5 Å². The van der Waals surface area contributed by atoms with Gasteiger partial charge in [0.05, 0.1) is 17.7 Å². The minimum Gasteiger partial charge on any atom is -0.491 e. The number of hydrogen-bond donors (Lipinski definition) is 2. The van der Waals surface area contributed by atoms with E-state index in [4.69, 9.17) is 14.7 Å². The van der Waals surface area contributed by atoms with Gasteiger partial charge in [-0.15, -0.1) is 0 Å². The van der Waals surface area contributed by atoms with E-state index in [9.17, 15) is 5.11 Å². The average molecular weight is 290 g/mol. The molecule has 114 valence electrons. The van der Waals surface area contributed by atoms with E-state index in [1.807, 2.05) is 0 Å². The van der Waals surface area contributed by atoms with Crippen molar-refractivity contribution in [2.24, 2.45) is 0 Å². The Bertz CT molecular complexity index is 481. The van der Waals surface area contributed by atoms with Gasteiger partial charge in [-0.25, -0.2) is 0 Å². The summed E-state index contributed by atoms with van der Waals surface area (Å²) in [4.78, 5) is 0. The first-order valence-corrected chi connectivity index (χ1v) is 7.35. The molecule has 21 heavy (non-hydrogen) atoms. The molecule has 2 N–H and O–H groups in total. The van der Waals surface area contributed by atoms with Crippen molar-refractivity contribution in [2.75, 3.05) is 19.8 Å². The second-order valence-corrected chi connectivity index (χ2v) is 5.35. The van der Waals surface area contributed by atoms with Gasteiger partial charge in [-0.1, -0.05) is 6.07 Å². The van der Waals surface area contributed by atoms with E-state index in [0.29, 0.717) is 17.9 Å². The summed E-state index contributed by atoms with van der Waals surface area (Å²) in [5, 5.41) is 22.0. The van der Waals surface area contributed by atoms with E-state index in [0.717, 1.165) is 19.4 Å². The third-order valence-electron chi connectivity index (χ3n) is 3.60. The smallest absolute Gasteiger partial charge is 0.120 e. The zero-order valence-electron chi connectivity index (χ0n) is 12.3. The third-order valence-corrected chi connectivity index (χ3v) is 3.60. The van der Waals surface area contributed by atoms with Crippen molar-refractivity contribution in [3.63, 3.8) is 0 Å². The van der Waals surface area contributed by atoms with Gasteiger partial charge in [-0.05, 0) is 38.0 Å². The van der Waals surface area contributed by atoms with Crippen LogP contribution >= 0.6 is 0 Å². The van der Waals surface area contributed by atoms with Crippen LogP contribution in [0.3, 0.4) is 0 Å². The first-order valence-electron chi connectivity index (χ1n) is 7.35. The van der Waals surface area contributed by atoms with Crippen molar-refractivity contribution in [3.8, 4) is 11.8 Å². The lowest BCUT2D eigenvalue weighted by Crippen LogP contribution is -2.42. The number of benzene rings is 1. The lowest BCUT2D eigenvalue weighted by atomic mass is 10.1. The number of nitrogens with one attached hydrogen (secondary N) is 1. The van der Waals surface area contributed by atoms with Crippen molar-refractivity contribution >= 4 is 0 Å². The van der Waals surface area contributed by atoms with Crippen LogP contribution in [0, 0.1) is 11.3 Å². The quantitative estimate of drug-likeness (QED) is 0.795. The van der Waals surface area contributed by atoms with Crippen molar-refractivity contribution in [2.45, 2.75) is 38.0 Å². The maximum atomic E-state index is 9.94. The normalized spacial score (nSPS) is 20.7. The zero-order chi connectivity index (χ0) is 15.1. The number of nitriles is 1. The van der Waals surface area contributed by atoms with Crippen LogP contribution in [0.4, 0.5) is 0 Å². The molecule has 0 spiro atoms. The van der Waals surface area contributed by atoms with Crippen molar-refractivity contribution in [3.05, 3.63) is 29.8 Å². The van der Waals surface area contributed by atoms with Gasteiger partial charge in [0.1, 0.15) is 18.5 Å². The molecule has 5 heteroatoms. The van der Waals surface area contributed by atoms with Gasteiger partial charge in [0.15, 0.2) is 0 Å². The van der Waals surface area contributed by atoms with E-state index in [2.05, 4.69) is 18.3 Å². The highest BCUT2D eigenvalue weighted by Crippen LogP contribution is 2.15. The third kappa shape index (κ3) is 5.01. The minimum atomic E-state index is -0.598. The summed E-state index contributed by atoms with van der Waals surface area (Å²) in [7, 11) is 0. The van der Waals surface area contributed by atoms with E-state index in [1.165, 1.54) is 0 Å². The molecule has 3 unspecified atom stereocenters. The number of aliphatic hydroxyl groups is 1. The largest absolute Gasteiger partial charge is 0.491 e. The number of nitrogens with zero attached hydrogens (tertiary/aromatic N) is 1. The van der Waals surface area contributed by atoms with Gasteiger partial charge >= 0.3 is 0 Å². The van der Waals surface area contributed by atoms with Gasteiger partial charge in [-0.2, -0.15) is 5.26 Å². The molecule has 0 aromatic heterocycles. The Morgan fingerprint density at radius 2 is 2.43 bits per heavy atom. The second kappa shape index (κ2) is 7.99. The van der Waals surface area contributed by atoms with Crippen molar-refractivity contribution in [1.82, 2.24) is 5.32 Å². The molecule has 1 aliphatic rings. The fourth-order valence-electron chi connectivity index (χ4n) is 2.36. The van der Waals surface area contributed by atoms with Gasteiger partial charge in [0.25, 0.3) is 0 Å². The predicted molar refractivity (Wildman–Crippen MR) is 79.1 cm³/mol. The number of hydrogen-bond acceptors (Lipinski definition) is 5. The second-order valence-electron chi connectivity index (χ2n) is 5.35. The minimum absolute atomic E-state index is 0.195. The van der Waals surface area contributed by atoms with Crippen LogP contribution in [-0.4, -0.2) is 43.1 Å². The molecule has 0 amide bonds. The molecule has 3 atom stereocenters. The number of ether oxygens (including phenoxy) is 2. The lowest BCUT2D eigenvalue weighted by molar-refractivity contribution is 0.0675. The fraction of sp³-hybridized carbons (Fsp3) is 0.562. The SMILES string of the molecule is CC(NCC(O)COc1cccc(C#N)c1)C1CCCO1. The molecular formula is C16H22N2O3. The fourth-order valence-corrected chi connectivity index (χ4v) is 2.36. The Hall–Kier alpha value is -1.61. The molecule has 0 saturated carbocycles. The molecule has 1 heterocycles. The summed E-state index contributed by atoms with van der Waals surface area (Å²) >= 11 is 0. The van der Waals surface area contributed by atoms with Gasteiger partial charge in [0, 0.05) is 19.2 Å². The first-order chi connectivity index (χ1) is 10.2. The summed E-state index contributed by atoms with van der Waals surface area (Å²) < 4.78 is 11.1. The molecule has 2 rings (SSSR count). The Kier molecular flexibility index (Phi) is 6.00. The molecule has 0 aliphatic carbocycles. The molecular weight excluding hydrogens is 268 g/mol. The van der Waals surface area contributed by atoms with Crippen molar-refractivity contribution < 1.29 is 14.6 Å². The van der Waals surface area contributed by atoms with Gasteiger partial charge < -0.3 is 19.9 Å². The van der Waals surface area contributed by atoms with Crippen LogP contribution in [0.2, 0.25) is 0 Å². The maximum Gasteiger partial charge on any atom is 0.120 e. The molecule has 0 bridgehead atoms. The monoisotopic (exact) mass is 290 g/mol. The number of rotatable bonds is 7. The van der Waals surface area contributed by atoms with Gasteiger partial charge in [-0.3, -0.25) is 0 Å². The van der Waals surface area contributed by atoms with Gasteiger partial charge in [0.2, 0.25) is 0 Å². The Morgan fingerprint density at radius 3 is 3.14 bits per heavy atom. The summed E-state index contributed by atoms with van der Waals surface area (Å²) in [6.07, 6.45) is 1.82. The lowest BCUT2D eigenvalue weighted by Gasteiger charge is -2.22. The summed E-state index contributed by atoms with van der Waals surface area (Å²) in [6, 6.07) is 9.20. The van der Waals surface area contributed by atoms with E-state index in [1.54, 1.807) is 24.3 Å². The number of aliphatic hydroxyl groups excluding tert-OH is 1. The van der Waals surface area contributed by atoms with Crippen molar-refractivity contribution in [1.29, 1.82) is 5.26 Å². The Morgan fingerprint density at radius 1 is 1.57 bits per heavy atom. The van der Waals surface area contributed by atoms with E-state index in [-0.39, 0.29) is 18.8 Å². The molecule has 5 nitrogen and oxygen atoms in total.